The first-order chi connectivity index (χ1) is 4.47. The van der Waals surface area contributed by atoms with E-state index in [2.05, 4.69) is 21.4 Å². The Morgan fingerprint density at radius 3 is 3.44 bits per heavy atom. The molecule has 0 aliphatic carbocycles. The van der Waals surface area contributed by atoms with Crippen molar-refractivity contribution in [1.29, 1.82) is 0 Å². The third kappa shape index (κ3) is 0.862. The normalized spacial score (nSPS) is 33.8. The lowest BCUT2D eigenvalue weighted by molar-refractivity contribution is -0.563. The summed E-state index contributed by atoms with van der Waals surface area (Å²) in [6.07, 6.45) is 2.82. The minimum Gasteiger partial charge on any atom is -0.304 e. The molecule has 0 spiro atoms. The van der Waals surface area contributed by atoms with Crippen LogP contribution < -0.4 is 10.6 Å². The van der Waals surface area contributed by atoms with E-state index in [1.54, 1.807) is 0 Å². The van der Waals surface area contributed by atoms with Crippen molar-refractivity contribution < 1.29 is 4.58 Å². The van der Waals surface area contributed by atoms with Crippen LogP contribution >= 0.6 is 0 Å². The minimum atomic E-state index is 0.582. The summed E-state index contributed by atoms with van der Waals surface area (Å²) >= 11 is 0. The van der Waals surface area contributed by atoms with Crippen molar-refractivity contribution in [3.63, 3.8) is 0 Å². The number of hydrogen-bond acceptors (Lipinski definition) is 2. The fourth-order valence-corrected chi connectivity index (χ4v) is 1.43. The van der Waals surface area contributed by atoms with Gasteiger partial charge in [-0.25, -0.2) is 9.89 Å². The average Bonchev–Trinajstić information content (AvgIpc) is 2.33. The van der Waals surface area contributed by atoms with Gasteiger partial charge in [0.2, 0.25) is 6.17 Å². The summed E-state index contributed by atoms with van der Waals surface area (Å²) in [5, 5.41) is 6.70. The van der Waals surface area contributed by atoms with Crippen LogP contribution in [0.1, 0.15) is 0 Å². The van der Waals surface area contributed by atoms with E-state index in [0.717, 1.165) is 26.2 Å². The van der Waals surface area contributed by atoms with E-state index >= 15 is 0 Å². The summed E-state index contributed by atoms with van der Waals surface area (Å²) < 4.78 is 2.37. The van der Waals surface area contributed by atoms with Gasteiger partial charge < -0.3 is 5.32 Å². The van der Waals surface area contributed by atoms with Gasteiger partial charge in [0.1, 0.15) is 0 Å². The zero-order chi connectivity index (χ0) is 6.10. The van der Waals surface area contributed by atoms with Gasteiger partial charge in [0, 0.05) is 0 Å². The van der Waals surface area contributed by atoms with Crippen LogP contribution in [0.5, 0.6) is 0 Å². The Morgan fingerprint density at radius 1 is 1.56 bits per heavy atom. The lowest BCUT2D eigenvalue weighted by Crippen LogP contribution is -2.49. The largest absolute Gasteiger partial charge is 0.304 e. The van der Waals surface area contributed by atoms with Crippen LogP contribution in [0.2, 0.25) is 0 Å². The van der Waals surface area contributed by atoms with Gasteiger partial charge in [0.15, 0.2) is 12.8 Å². The molecule has 0 saturated carbocycles. The van der Waals surface area contributed by atoms with Gasteiger partial charge in [0.25, 0.3) is 0 Å². The molecule has 3 nitrogen and oxygen atoms in total. The van der Waals surface area contributed by atoms with Crippen LogP contribution in [0.15, 0.2) is 0 Å². The fraction of sp³-hybridized carbons (Fsp3) is 0.833. The zero-order valence-electron chi connectivity index (χ0n) is 5.43. The summed E-state index contributed by atoms with van der Waals surface area (Å²) in [5.41, 5.74) is 0. The molecule has 0 amide bonds. The highest BCUT2D eigenvalue weighted by molar-refractivity contribution is 5.55. The number of piperazine rings is 1. The van der Waals surface area contributed by atoms with Gasteiger partial charge in [-0.3, -0.25) is 0 Å². The number of nitrogens with one attached hydrogen (secondary N) is 2. The van der Waals surface area contributed by atoms with E-state index in [1.807, 2.05) is 0 Å². The van der Waals surface area contributed by atoms with E-state index in [-0.39, 0.29) is 0 Å². The Morgan fingerprint density at radius 2 is 2.56 bits per heavy atom. The maximum Gasteiger partial charge on any atom is 0.219 e. The van der Waals surface area contributed by atoms with Gasteiger partial charge in [-0.15, -0.1) is 0 Å². The van der Waals surface area contributed by atoms with Crippen molar-refractivity contribution in [3.8, 4) is 0 Å². The first-order valence-electron chi connectivity index (χ1n) is 3.50. The third-order valence-electron chi connectivity index (χ3n) is 1.96. The second-order valence-electron chi connectivity index (χ2n) is 2.55. The van der Waals surface area contributed by atoms with Crippen LogP contribution in [0, 0.1) is 0 Å². The van der Waals surface area contributed by atoms with E-state index in [1.165, 1.54) is 0 Å². The quantitative estimate of drug-likeness (QED) is 0.391. The molecule has 0 aromatic carbocycles. The van der Waals surface area contributed by atoms with Crippen molar-refractivity contribution in [2.45, 2.75) is 6.17 Å². The lowest BCUT2D eigenvalue weighted by Gasteiger charge is -2.16. The molecule has 2 aliphatic rings. The van der Waals surface area contributed by atoms with Gasteiger partial charge in [0.05, 0.1) is 19.6 Å². The molecule has 1 saturated heterocycles. The molecule has 0 aromatic rings. The highest BCUT2D eigenvalue weighted by atomic mass is 15.3. The fourth-order valence-electron chi connectivity index (χ4n) is 1.43. The van der Waals surface area contributed by atoms with Crippen LogP contribution in [-0.4, -0.2) is 43.1 Å². The van der Waals surface area contributed by atoms with Crippen molar-refractivity contribution in [2.24, 2.45) is 0 Å². The predicted octanol–water partition coefficient (Wildman–Crippen LogP) is -1.40. The monoisotopic (exact) mass is 126 g/mol. The second-order valence-corrected chi connectivity index (χ2v) is 2.55. The standard InChI is InChI=1S/C6H12N3/c1-3-9-4-2-8-6(9)5-7-1/h4,6-8H,1-3,5H2/q+1/t6-/m0/s1. The Kier molecular flexibility index (Phi) is 1.24. The second kappa shape index (κ2) is 2.08. The van der Waals surface area contributed by atoms with Crippen LogP contribution in [0.4, 0.5) is 0 Å². The topological polar surface area (TPSA) is 27.1 Å². The van der Waals surface area contributed by atoms with Crippen molar-refractivity contribution >= 4 is 6.21 Å². The Hall–Kier alpha value is -0.410. The molecular weight excluding hydrogens is 114 g/mol. The molecule has 9 heavy (non-hydrogen) atoms. The Labute approximate surface area is 54.8 Å². The molecule has 0 unspecified atom stereocenters. The van der Waals surface area contributed by atoms with Crippen molar-refractivity contribution in [3.05, 3.63) is 0 Å². The number of rotatable bonds is 0. The van der Waals surface area contributed by atoms with Gasteiger partial charge in [-0.1, -0.05) is 0 Å². The average molecular weight is 126 g/mol. The maximum atomic E-state index is 3.37. The summed E-state index contributed by atoms with van der Waals surface area (Å²) in [4.78, 5) is 0. The molecule has 1 atom stereocenters. The molecule has 2 heterocycles. The van der Waals surface area contributed by atoms with Crippen molar-refractivity contribution in [2.75, 3.05) is 26.2 Å². The summed E-state index contributed by atoms with van der Waals surface area (Å²) in [7, 11) is 0. The molecule has 3 heteroatoms. The highest BCUT2D eigenvalue weighted by Crippen LogP contribution is 1.94. The predicted molar refractivity (Wildman–Crippen MR) is 35.9 cm³/mol. The van der Waals surface area contributed by atoms with Crippen LogP contribution in [0.25, 0.3) is 0 Å². The summed E-state index contributed by atoms with van der Waals surface area (Å²) in [6, 6.07) is 0. The molecule has 2 rings (SSSR count). The molecule has 2 aliphatic heterocycles. The lowest BCUT2D eigenvalue weighted by atomic mass is 10.4. The van der Waals surface area contributed by atoms with E-state index in [4.69, 9.17) is 0 Å². The van der Waals surface area contributed by atoms with Crippen molar-refractivity contribution in [1.82, 2.24) is 10.6 Å². The molecule has 0 aromatic heterocycles. The smallest absolute Gasteiger partial charge is 0.219 e. The molecular formula is C6H12N3+. The SMILES string of the molecule is C1=[N+]2CCNC[C@H]2NC1. The molecule has 1 fully saturated rings. The summed E-state index contributed by atoms with van der Waals surface area (Å²) in [6.45, 7) is 4.44. The van der Waals surface area contributed by atoms with Gasteiger partial charge >= 0.3 is 0 Å². The third-order valence-corrected chi connectivity index (χ3v) is 1.96. The van der Waals surface area contributed by atoms with Crippen LogP contribution in [0.3, 0.4) is 0 Å². The van der Waals surface area contributed by atoms with Crippen LogP contribution in [-0.2, 0) is 0 Å². The highest BCUT2D eigenvalue weighted by Gasteiger charge is 2.27. The first kappa shape index (κ1) is 5.38. The zero-order valence-corrected chi connectivity index (χ0v) is 5.43. The van der Waals surface area contributed by atoms with Gasteiger partial charge in [-0.2, -0.15) is 0 Å². The summed E-state index contributed by atoms with van der Waals surface area (Å²) in [5.74, 6) is 0. The maximum absolute atomic E-state index is 3.37. The molecule has 50 valence electrons. The molecule has 0 bridgehead atoms. The Bertz CT molecular complexity index is 141. The number of hydrogen-bond donors (Lipinski definition) is 2. The van der Waals surface area contributed by atoms with E-state index in [9.17, 15) is 0 Å². The molecule has 2 N–H and O–H groups in total. The minimum absolute atomic E-state index is 0.582. The Balaban J connectivity index is 2.09. The van der Waals surface area contributed by atoms with E-state index in [0.29, 0.717) is 6.17 Å². The first-order valence-corrected chi connectivity index (χ1v) is 3.50. The number of fused-ring (bicyclic) bond motifs is 1. The number of nitrogens with zero attached hydrogens (tertiary/aromatic N) is 1. The molecule has 0 radical (unpaired) electrons. The van der Waals surface area contributed by atoms with Gasteiger partial charge in [-0.05, 0) is 0 Å². The van der Waals surface area contributed by atoms with E-state index < -0.39 is 0 Å².